The number of sulfonamides is 1. The van der Waals surface area contributed by atoms with Gasteiger partial charge in [0.05, 0.1) is 4.90 Å². The number of aryl methyl sites for hydroxylation is 2. The fourth-order valence-corrected chi connectivity index (χ4v) is 4.09. The number of anilines is 1. The average Bonchev–Trinajstić information content (AvgIpc) is 3.03. The lowest BCUT2D eigenvalue weighted by molar-refractivity contribution is -0.117. The van der Waals surface area contributed by atoms with E-state index in [9.17, 15) is 13.2 Å². The fraction of sp³-hybridized carbons (Fsp3) is 0.167. The number of benzene rings is 2. The lowest BCUT2D eigenvalue weighted by atomic mass is 10.2. The van der Waals surface area contributed by atoms with Gasteiger partial charge in [-0.1, -0.05) is 46.7 Å². The monoisotopic (exact) mass is 402 g/mol. The summed E-state index contributed by atoms with van der Waals surface area (Å²) in [6, 6.07) is 13.8. The minimum atomic E-state index is -3.88. The van der Waals surface area contributed by atoms with Gasteiger partial charge in [0.2, 0.25) is 10.7 Å². The predicted molar refractivity (Wildman–Crippen MR) is 104 cm³/mol. The van der Waals surface area contributed by atoms with Gasteiger partial charge in [-0.25, -0.2) is 4.68 Å². The average molecular weight is 403 g/mol. The predicted octanol–water partition coefficient (Wildman–Crippen LogP) is 2.49. The molecule has 0 spiro atoms. The highest BCUT2D eigenvalue weighted by molar-refractivity contribution is 7.90. The number of rotatable bonds is 5. The Bertz CT molecular complexity index is 1110. The number of amides is 1. The van der Waals surface area contributed by atoms with E-state index in [4.69, 9.17) is 0 Å². The summed E-state index contributed by atoms with van der Waals surface area (Å²) in [4.78, 5) is 12.5. The molecule has 0 aliphatic rings. The fourth-order valence-electron chi connectivity index (χ4n) is 2.25. The highest BCUT2D eigenvalue weighted by Gasteiger charge is 2.14. The standard InChI is InChI=1S/C18H18N4O3S2/c1-13-3-7-15(8-4-13)20-17(23)11-22-18(26-12-19-22)21-27(24,25)16-9-5-14(2)6-10-16/h3-10,12H,11H2,1-2H3,(H,20,23). The Morgan fingerprint density at radius 2 is 1.67 bits per heavy atom. The van der Waals surface area contributed by atoms with Gasteiger partial charge < -0.3 is 5.32 Å². The molecule has 3 rings (SSSR count). The molecule has 3 aromatic rings. The van der Waals surface area contributed by atoms with E-state index in [0.29, 0.717) is 5.69 Å². The molecule has 0 radical (unpaired) electrons. The van der Waals surface area contributed by atoms with Crippen LogP contribution in [0.15, 0.2) is 63.3 Å². The maximum absolute atomic E-state index is 12.5. The second kappa shape index (κ2) is 7.85. The third kappa shape index (κ3) is 4.89. The molecule has 1 amide bonds. The Labute approximate surface area is 161 Å². The van der Waals surface area contributed by atoms with Gasteiger partial charge in [0, 0.05) is 5.69 Å². The van der Waals surface area contributed by atoms with Gasteiger partial charge in [-0.3, -0.25) is 4.79 Å². The lowest BCUT2D eigenvalue weighted by Gasteiger charge is -2.05. The molecule has 1 aromatic heterocycles. The van der Waals surface area contributed by atoms with Crippen LogP contribution in [0.5, 0.6) is 0 Å². The minimum absolute atomic E-state index is 0.0946. The molecule has 0 unspecified atom stereocenters. The van der Waals surface area contributed by atoms with Crippen LogP contribution in [-0.4, -0.2) is 24.1 Å². The van der Waals surface area contributed by atoms with Gasteiger partial charge in [0.1, 0.15) is 12.1 Å². The smallest absolute Gasteiger partial charge is 0.285 e. The molecule has 140 valence electrons. The van der Waals surface area contributed by atoms with Crippen molar-refractivity contribution in [2.75, 3.05) is 5.32 Å². The maximum Gasteiger partial charge on any atom is 0.285 e. The molecule has 1 N–H and O–H groups in total. The van der Waals surface area contributed by atoms with Crippen LogP contribution in [0.4, 0.5) is 5.69 Å². The first-order valence-corrected chi connectivity index (χ1v) is 10.4. The summed E-state index contributed by atoms with van der Waals surface area (Å²) in [6.07, 6.45) is 0. The Balaban J connectivity index is 1.80. The lowest BCUT2D eigenvalue weighted by Crippen LogP contribution is -2.26. The van der Waals surface area contributed by atoms with Gasteiger partial charge >= 0.3 is 0 Å². The largest absolute Gasteiger partial charge is 0.324 e. The summed E-state index contributed by atoms with van der Waals surface area (Å²) >= 11 is 1.05. The molecular formula is C18H18N4O3S2. The molecular weight excluding hydrogens is 384 g/mol. The summed E-state index contributed by atoms with van der Waals surface area (Å²) in [5.41, 5.74) is 4.15. The van der Waals surface area contributed by atoms with Crippen LogP contribution in [0.1, 0.15) is 11.1 Å². The molecule has 0 fully saturated rings. The highest BCUT2D eigenvalue weighted by Crippen LogP contribution is 2.13. The molecule has 2 aromatic carbocycles. The number of nitrogens with zero attached hydrogens (tertiary/aromatic N) is 3. The van der Waals surface area contributed by atoms with Crippen LogP contribution in [-0.2, 0) is 21.4 Å². The SMILES string of the molecule is Cc1ccc(NC(=O)Cn2ncsc2=NS(=O)(=O)c2ccc(C)cc2)cc1. The van der Waals surface area contributed by atoms with Gasteiger partial charge in [0.25, 0.3) is 10.0 Å². The van der Waals surface area contributed by atoms with Crippen molar-refractivity contribution in [2.45, 2.75) is 25.3 Å². The summed E-state index contributed by atoms with van der Waals surface area (Å²) < 4.78 is 30.0. The molecule has 0 bridgehead atoms. The highest BCUT2D eigenvalue weighted by atomic mass is 32.2. The van der Waals surface area contributed by atoms with Crippen LogP contribution in [0.3, 0.4) is 0 Å². The maximum atomic E-state index is 12.5. The minimum Gasteiger partial charge on any atom is -0.324 e. The van der Waals surface area contributed by atoms with E-state index < -0.39 is 10.0 Å². The third-order valence-electron chi connectivity index (χ3n) is 3.71. The zero-order valence-electron chi connectivity index (χ0n) is 14.8. The van der Waals surface area contributed by atoms with Crippen molar-refractivity contribution in [3.63, 3.8) is 0 Å². The first-order valence-electron chi connectivity index (χ1n) is 8.08. The van der Waals surface area contributed by atoms with Crippen molar-refractivity contribution in [1.82, 2.24) is 9.78 Å². The van der Waals surface area contributed by atoms with Crippen molar-refractivity contribution in [3.05, 3.63) is 70.0 Å². The molecule has 0 aliphatic carbocycles. The number of carbonyl (C=O) groups excluding carboxylic acids is 1. The normalized spacial score (nSPS) is 12.1. The van der Waals surface area contributed by atoms with Crippen molar-refractivity contribution in [3.8, 4) is 0 Å². The summed E-state index contributed by atoms with van der Waals surface area (Å²) in [6.45, 7) is 3.69. The number of hydrogen-bond acceptors (Lipinski definition) is 5. The van der Waals surface area contributed by atoms with Crippen molar-refractivity contribution >= 4 is 33.0 Å². The van der Waals surface area contributed by atoms with E-state index in [2.05, 4.69) is 14.8 Å². The Morgan fingerprint density at radius 3 is 2.30 bits per heavy atom. The number of nitrogens with one attached hydrogen (secondary N) is 1. The van der Waals surface area contributed by atoms with Gasteiger partial charge in [-0.15, -0.1) is 4.40 Å². The quantitative estimate of drug-likeness (QED) is 0.709. The van der Waals surface area contributed by atoms with Crippen molar-refractivity contribution < 1.29 is 13.2 Å². The van der Waals surface area contributed by atoms with Crippen LogP contribution in [0.2, 0.25) is 0 Å². The zero-order valence-corrected chi connectivity index (χ0v) is 16.4. The van der Waals surface area contributed by atoms with Gasteiger partial charge in [0.15, 0.2) is 0 Å². The molecule has 27 heavy (non-hydrogen) atoms. The van der Waals surface area contributed by atoms with Crippen LogP contribution < -0.4 is 10.1 Å². The first kappa shape index (κ1) is 19.0. The number of aromatic nitrogens is 2. The van der Waals surface area contributed by atoms with Crippen LogP contribution >= 0.6 is 11.3 Å². The Morgan fingerprint density at radius 1 is 1.07 bits per heavy atom. The van der Waals surface area contributed by atoms with E-state index in [-0.39, 0.29) is 22.1 Å². The molecule has 0 atom stereocenters. The zero-order chi connectivity index (χ0) is 19.4. The molecule has 7 nitrogen and oxygen atoms in total. The Kier molecular flexibility index (Phi) is 5.52. The molecule has 0 saturated heterocycles. The van der Waals surface area contributed by atoms with E-state index >= 15 is 0 Å². The number of hydrogen-bond donors (Lipinski definition) is 1. The Hall–Kier alpha value is -2.78. The molecule has 0 saturated carbocycles. The van der Waals surface area contributed by atoms with E-state index in [1.165, 1.54) is 22.3 Å². The van der Waals surface area contributed by atoms with Gasteiger partial charge in [-0.2, -0.15) is 13.5 Å². The molecule has 1 heterocycles. The second-order valence-electron chi connectivity index (χ2n) is 5.97. The molecule has 0 aliphatic heterocycles. The summed E-state index contributed by atoms with van der Waals surface area (Å²) in [5, 5.41) is 6.77. The van der Waals surface area contributed by atoms with E-state index in [1.807, 2.05) is 26.0 Å². The first-order chi connectivity index (χ1) is 12.8. The summed E-state index contributed by atoms with van der Waals surface area (Å²) in [7, 11) is -3.88. The number of carbonyl (C=O) groups is 1. The molecule has 9 heteroatoms. The van der Waals surface area contributed by atoms with Crippen molar-refractivity contribution in [1.29, 1.82) is 0 Å². The van der Waals surface area contributed by atoms with Gasteiger partial charge in [-0.05, 0) is 38.1 Å². The van der Waals surface area contributed by atoms with Crippen molar-refractivity contribution in [2.24, 2.45) is 4.40 Å². The van der Waals surface area contributed by atoms with E-state index in [1.54, 1.807) is 24.3 Å². The summed E-state index contributed by atoms with van der Waals surface area (Å²) in [5.74, 6) is -0.320. The van der Waals surface area contributed by atoms with E-state index in [0.717, 1.165) is 22.5 Å². The van der Waals surface area contributed by atoms with Crippen LogP contribution in [0.25, 0.3) is 0 Å². The van der Waals surface area contributed by atoms with Crippen LogP contribution in [0, 0.1) is 13.8 Å². The third-order valence-corrected chi connectivity index (χ3v) is 5.82. The second-order valence-corrected chi connectivity index (χ2v) is 8.39. The topological polar surface area (TPSA) is 93.4 Å².